The molecule has 0 aliphatic carbocycles. The van der Waals surface area contributed by atoms with Crippen molar-refractivity contribution in [3.8, 4) is 0 Å². The molecule has 1 aromatic heterocycles. The summed E-state index contributed by atoms with van der Waals surface area (Å²) in [4.78, 5) is 4.63. The number of rotatable bonds is 3. The second-order valence-corrected chi connectivity index (χ2v) is 5.15. The molecule has 2 heterocycles. The van der Waals surface area contributed by atoms with E-state index in [-0.39, 0.29) is 12.1 Å². The maximum Gasteiger partial charge on any atom is 0.122 e. The Morgan fingerprint density at radius 1 is 1.60 bits per heavy atom. The minimum absolute atomic E-state index is 0.157. The van der Waals surface area contributed by atoms with E-state index in [4.69, 9.17) is 10.5 Å². The van der Waals surface area contributed by atoms with Gasteiger partial charge in [0, 0.05) is 23.9 Å². The average Bonchev–Trinajstić information content (AvgIpc) is 2.86. The quantitative estimate of drug-likeness (QED) is 0.861. The first-order valence-electron chi connectivity index (χ1n) is 5.51. The Hall–Kier alpha value is -0.450. The van der Waals surface area contributed by atoms with Crippen LogP contribution in [-0.2, 0) is 4.74 Å². The van der Waals surface area contributed by atoms with Crippen molar-refractivity contribution in [2.24, 2.45) is 5.73 Å². The molecule has 15 heavy (non-hydrogen) atoms. The third-order valence-corrected chi connectivity index (χ3v) is 3.96. The molecule has 84 valence electrons. The van der Waals surface area contributed by atoms with E-state index in [0.717, 1.165) is 30.2 Å². The molecule has 2 rings (SSSR count). The molecule has 0 radical (unpaired) electrons. The van der Waals surface area contributed by atoms with Gasteiger partial charge in [0.25, 0.3) is 0 Å². The van der Waals surface area contributed by atoms with Gasteiger partial charge in [0.1, 0.15) is 11.1 Å². The third kappa shape index (κ3) is 2.38. The van der Waals surface area contributed by atoms with Crippen molar-refractivity contribution in [2.75, 3.05) is 6.61 Å². The van der Waals surface area contributed by atoms with E-state index in [0.29, 0.717) is 5.92 Å². The molecule has 0 amide bonds. The molecule has 0 aromatic carbocycles. The Morgan fingerprint density at radius 3 is 3.00 bits per heavy atom. The Morgan fingerprint density at radius 2 is 2.40 bits per heavy atom. The van der Waals surface area contributed by atoms with Gasteiger partial charge in [0.05, 0.1) is 5.69 Å². The van der Waals surface area contributed by atoms with Crippen LogP contribution in [0.3, 0.4) is 0 Å². The van der Waals surface area contributed by atoms with Gasteiger partial charge in [-0.15, -0.1) is 11.3 Å². The first-order chi connectivity index (χ1) is 7.18. The van der Waals surface area contributed by atoms with Gasteiger partial charge in [0.15, 0.2) is 0 Å². The van der Waals surface area contributed by atoms with Crippen molar-refractivity contribution in [1.82, 2.24) is 4.98 Å². The average molecular weight is 226 g/mol. The fourth-order valence-corrected chi connectivity index (χ4v) is 2.70. The van der Waals surface area contributed by atoms with Crippen molar-refractivity contribution in [3.05, 3.63) is 16.1 Å². The second kappa shape index (κ2) is 4.60. The number of nitrogens with zero attached hydrogens (tertiary/aromatic N) is 1. The topological polar surface area (TPSA) is 48.1 Å². The summed E-state index contributed by atoms with van der Waals surface area (Å²) >= 11 is 1.70. The first kappa shape index (κ1) is 11.0. The lowest BCUT2D eigenvalue weighted by Crippen LogP contribution is -2.22. The number of hydrogen-bond acceptors (Lipinski definition) is 4. The van der Waals surface area contributed by atoms with Crippen molar-refractivity contribution >= 4 is 11.3 Å². The normalized spacial score (nSPS) is 25.4. The molecular weight excluding hydrogens is 208 g/mol. The van der Waals surface area contributed by atoms with Crippen LogP contribution >= 0.6 is 11.3 Å². The SMILES string of the molecule is CC(N)C(C)c1csc(C2CCCO2)n1. The van der Waals surface area contributed by atoms with Crippen LogP contribution in [0.2, 0.25) is 0 Å². The summed E-state index contributed by atoms with van der Waals surface area (Å²) in [5.41, 5.74) is 6.98. The maximum atomic E-state index is 5.86. The van der Waals surface area contributed by atoms with E-state index in [1.165, 1.54) is 0 Å². The molecular formula is C11H18N2OS. The van der Waals surface area contributed by atoms with Crippen LogP contribution in [0.15, 0.2) is 5.38 Å². The maximum absolute atomic E-state index is 5.86. The Balaban J connectivity index is 2.09. The summed E-state index contributed by atoms with van der Waals surface area (Å²) in [6.45, 7) is 5.02. The number of ether oxygens (including phenoxy) is 1. The molecule has 2 N–H and O–H groups in total. The van der Waals surface area contributed by atoms with E-state index < -0.39 is 0 Å². The number of nitrogens with two attached hydrogens (primary N) is 1. The minimum Gasteiger partial charge on any atom is -0.371 e. The molecule has 0 spiro atoms. The molecule has 4 heteroatoms. The Bertz CT molecular complexity index is 302. The van der Waals surface area contributed by atoms with Gasteiger partial charge in [-0.25, -0.2) is 4.98 Å². The smallest absolute Gasteiger partial charge is 0.122 e. The molecule has 3 unspecified atom stereocenters. The van der Waals surface area contributed by atoms with E-state index >= 15 is 0 Å². The minimum atomic E-state index is 0.157. The van der Waals surface area contributed by atoms with Gasteiger partial charge in [-0.1, -0.05) is 6.92 Å². The van der Waals surface area contributed by atoms with E-state index in [2.05, 4.69) is 17.3 Å². The Labute approximate surface area is 94.7 Å². The van der Waals surface area contributed by atoms with Crippen LogP contribution in [0.4, 0.5) is 0 Å². The molecule has 0 saturated carbocycles. The lowest BCUT2D eigenvalue weighted by molar-refractivity contribution is 0.111. The van der Waals surface area contributed by atoms with Gasteiger partial charge in [-0.3, -0.25) is 0 Å². The molecule has 1 fully saturated rings. The summed E-state index contributed by atoms with van der Waals surface area (Å²) in [5, 5.41) is 3.24. The lowest BCUT2D eigenvalue weighted by atomic mass is 10.0. The van der Waals surface area contributed by atoms with Gasteiger partial charge in [-0.2, -0.15) is 0 Å². The standard InChI is InChI=1S/C11H18N2OS/c1-7(8(2)12)9-6-15-11(13-9)10-4-3-5-14-10/h6-8,10H,3-5,12H2,1-2H3. The fourth-order valence-electron chi connectivity index (χ4n) is 1.70. The van der Waals surface area contributed by atoms with Gasteiger partial charge in [-0.05, 0) is 19.8 Å². The molecule has 1 aromatic rings. The molecule has 0 bridgehead atoms. The van der Waals surface area contributed by atoms with Crippen LogP contribution in [0.5, 0.6) is 0 Å². The van der Waals surface area contributed by atoms with Crippen molar-refractivity contribution in [3.63, 3.8) is 0 Å². The van der Waals surface area contributed by atoms with Crippen LogP contribution in [-0.4, -0.2) is 17.6 Å². The summed E-state index contributed by atoms with van der Waals surface area (Å²) < 4.78 is 5.61. The highest BCUT2D eigenvalue weighted by molar-refractivity contribution is 7.09. The molecule has 3 atom stereocenters. The number of thiazole rings is 1. The summed E-state index contributed by atoms with van der Waals surface area (Å²) in [5.74, 6) is 0.330. The summed E-state index contributed by atoms with van der Waals surface area (Å²) in [6, 6.07) is 0.157. The zero-order valence-corrected chi connectivity index (χ0v) is 10.1. The monoisotopic (exact) mass is 226 g/mol. The molecule has 3 nitrogen and oxygen atoms in total. The predicted octanol–water partition coefficient (Wildman–Crippen LogP) is 2.45. The first-order valence-corrected chi connectivity index (χ1v) is 6.39. The highest BCUT2D eigenvalue weighted by Crippen LogP contribution is 2.32. The van der Waals surface area contributed by atoms with Crippen LogP contribution in [0, 0.1) is 0 Å². The largest absolute Gasteiger partial charge is 0.371 e. The number of aromatic nitrogens is 1. The summed E-state index contributed by atoms with van der Waals surface area (Å²) in [6.07, 6.45) is 2.51. The van der Waals surface area contributed by atoms with E-state index in [1.807, 2.05) is 6.92 Å². The second-order valence-electron chi connectivity index (χ2n) is 4.26. The Kier molecular flexibility index (Phi) is 3.38. The van der Waals surface area contributed by atoms with E-state index in [9.17, 15) is 0 Å². The van der Waals surface area contributed by atoms with Crippen LogP contribution < -0.4 is 5.73 Å². The lowest BCUT2D eigenvalue weighted by Gasteiger charge is -2.12. The van der Waals surface area contributed by atoms with Gasteiger partial charge < -0.3 is 10.5 Å². The predicted molar refractivity (Wildman–Crippen MR) is 62.1 cm³/mol. The third-order valence-electron chi connectivity index (χ3n) is 3.00. The number of hydrogen-bond donors (Lipinski definition) is 1. The van der Waals surface area contributed by atoms with Crippen LogP contribution in [0.25, 0.3) is 0 Å². The zero-order valence-electron chi connectivity index (χ0n) is 9.27. The van der Waals surface area contributed by atoms with Crippen LogP contribution in [0.1, 0.15) is 49.4 Å². The van der Waals surface area contributed by atoms with Gasteiger partial charge in [0.2, 0.25) is 0 Å². The molecule has 1 saturated heterocycles. The molecule has 1 aliphatic rings. The fraction of sp³-hybridized carbons (Fsp3) is 0.727. The van der Waals surface area contributed by atoms with Crippen molar-refractivity contribution in [2.45, 2.75) is 44.8 Å². The zero-order chi connectivity index (χ0) is 10.8. The highest BCUT2D eigenvalue weighted by atomic mass is 32.1. The van der Waals surface area contributed by atoms with Crippen molar-refractivity contribution < 1.29 is 4.74 Å². The highest BCUT2D eigenvalue weighted by Gasteiger charge is 2.22. The van der Waals surface area contributed by atoms with E-state index in [1.54, 1.807) is 11.3 Å². The van der Waals surface area contributed by atoms with Gasteiger partial charge >= 0.3 is 0 Å². The molecule has 1 aliphatic heterocycles. The van der Waals surface area contributed by atoms with Crippen molar-refractivity contribution in [1.29, 1.82) is 0 Å². The summed E-state index contributed by atoms with van der Waals surface area (Å²) in [7, 11) is 0.